The highest BCUT2D eigenvalue weighted by atomic mass is 35.5. The summed E-state index contributed by atoms with van der Waals surface area (Å²) in [5.74, 6) is -0.117. The SMILES string of the molecule is Cc1c(-c2cc(C(=O)Nc3nn(Cc4c(Cl)cccc4Cl)cc3Cl)c3ccccc3n2)cnn1C. The smallest absolute Gasteiger partial charge is 0.257 e. The maximum atomic E-state index is 13.4. The number of carbonyl (C=O) groups excluding carboxylic acids is 1. The molecule has 7 nitrogen and oxygen atoms in total. The van der Waals surface area contributed by atoms with E-state index in [1.165, 1.54) is 0 Å². The van der Waals surface area contributed by atoms with Gasteiger partial charge in [0.25, 0.3) is 5.91 Å². The van der Waals surface area contributed by atoms with E-state index < -0.39 is 0 Å². The summed E-state index contributed by atoms with van der Waals surface area (Å²) in [6.07, 6.45) is 3.36. The van der Waals surface area contributed by atoms with Crippen LogP contribution >= 0.6 is 34.8 Å². The minimum Gasteiger partial charge on any atom is -0.304 e. The number of amides is 1. The van der Waals surface area contributed by atoms with Crippen molar-refractivity contribution in [1.82, 2.24) is 24.5 Å². The van der Waals surface area contributed by atoms with Gasteiger partial charge in [-0.1, -0.05) is 59.1 Å². The second-order valence-electron chi connectivity index (χ2n) is 8.02. The zero-order valence-corrected chi connectivity index (χ0v) is 21.0. The Morgan fingerprint density at radius 1 is 1.03 bits per heavy atom. The molecule has 0 radical (unpaired) electrons. The molecule has 0 unspecified atom stereocenters. The molecule has 0 saturated carbocycles. The molecule has 3 aromatic heterocycles. The average Bonchev–Trinajstić information content (AvgIpc) is 3.36. The van der Waals surface area contributed by atoms with Crippen LogP contribution in [0.1, 0.15) is 21.6 Å². The summed E-state index contributed by atoms with van der Waals surface area (Å²) >= 11 is 19.0. The van der Waals surface area contributed by atoms with Crippen molar-refractivity contribution in [1.29, 1.82) is 0 Å². The van der Waals surface area contributed by atoms with Crippen LogP contribution in [0.4, 0.5) is 5.82 Å². The second-order valence-corrected chi connectivity index (χ2v) is 9.24. The van der Waals surface area contributed by atoms with E-state index in [1.807, 2.05) is 38.2 Å². The van der Waals surface area contributed by atoms with Gasteiger partial charge in [0.1, 0.15) is 5.02 Å². The molecule has 5 rings (SSSR count). The molecular formula is C25H19Cl3N6O. The van der Waals surface area contributed by atoms with E-state index in [4.69, 9.17) is 39.8 Å². The van der Waals surface area contributed by atoms with Crippen LogP contribution in [0.3, 0.4) is 0 Å². The minimum absolute atomic E-state index is 0.236. The van der Waals surface area contributed by atoms with Crippen molar-refractivity contribution < 1.29 is 4.79 Å². The number of para-hydroxylation sites is 1. The van der Waals surface area contributed by atoms with Crippen LogP contribution in [-0.2, 0) is 13.6 Å². The number of benzene rings is 2. The van der Waals surface area contributed by atoms with Crippen LogP contribution < -0.4 is 5.32 Å². The third kappa shape index (κ3) is 4.50. The van der Waals surface area contributed by atoms with Crippen LogP contribution in [0.25, 0.3) is 22.2 Å². The van der Waals surface area contributed by atoms with E-state index in [0.717, 1.165) is 11.3 Å². The highest BCUT2D eigenvalue weighted by Crippen LogP contribution is 2.29. The van der Waals surface area contributed by atoms with E-state index in [0.29, 0.717) is 49.3 Å². The molecular weight excluding hydrogens is 507 g/mol. The van der Waals surface area contributed by atoms with Gasteiger partial charge in [0, 0.05) is 45.5 Å². The summed E-state index contributed by atoms with van der Waals surface area (Å²) in [5, 5.41) is 13.6. The molecule has 35 heavy (non-hydrogen) atoms. The number of fused-ring (bicyclic) bond motifs is 1. The molecule has 1 amide bonds. The molecule has 10 heteroatoms. The van der Waals surface area contributed by atoms with Gasteiger partial charge in [0.05, 0.1) is 29.5 Å². The highest BCUT2D eigenvalue weighted by molar-refractivity contribution is 6.36. The monoisotopic (exact) mass is 524 g/mol. The van der Waals surface area contributed by atoms with E-state index in [9.17, 15) is 4.79 Å². The average molecular weight is 526 g/mol. The number of hydrogen-bond acceptors (Lipinski definition) is 4. The predicted octanol–water partition coefficient (Wildman–Crippen LogP) is 6.40. The summed E-state index contributed by atoms with van der Waals surface area (Å²) in [6, 6.07) is 14.5. The van der Waals surface area contributed by atoms with Crippen molar-refractivity contribution in [3.05, 3.63) is 92.8 Å². The maximum Gasteiger partial charge on any atom is 0.257 e. The van der Waals surface area contributed by atoms with E-state index in [2.05, 4.69) is 15.5 Å². The highest BCUT2D eigenvalue weighted by Gasteiger charge is 2.19. The molecule has 0 aliphatic rings. The molecule has 176 valence electrons. The molecule has 2 aromatic carbocycles. The van der Waals surface area contributed by atoms with Gasteiger partial charge in [0.15, 0.2) is 5.82 Å². The Hall–Kier alpha value is -3.39. The molecule has 0 spiro atoms. The number of anilines is 1. The van der Waals surface area contributed by atoms with Gasteiger partial charge >= 0.3 is 0 Å². The quantitative estimate of drug-likeness (QED) is 0.288. The third-order valence-corrected chi connectivity index (χ3v) is 6.79. The van der Waals surface area contributed by atoms with Crippen molar-refractivity contribution in [3.8, 4) is 11.3 Å². The molecule has 3 heterocycles. The number of halogens is 3. The molecule has 0 aliphatic heterocycles. The van der Waals surface area contributed by atoms with Crippen LogP contribution in [-0.4, -0.2) is 30.5 Å². The Morgan fingerprint density at radius 2 is 1.77 bits per heavy atom. The summed E-state index contributed by atoms with van der Waals surface area (Å²) in [7, 11) is 1.86. The molecule has 0 bridgehead atoms. The van der Waals surface area contributed by atoms with Crippen molar-refractivity contribution in [2.24, 2.45) is 7.05 Å². The number of rotatable bonds is 5. The second kappa shape index (κ2) is 9.34. The maximum absolute atomic E-state index is 13.4. The molecule has 0 saturated heterocycles. The summed E-state index contributed by atoms with van der Waals surface area (Å²) in [4.78, 5) is 18.2. The fourth-order valence-electron chi connectivity index (χ4n) is 3.83. The van der Waals surface area contributed by atoms with Crippen molar-refractivity contribution in [2.45, 2.75) is 13.5 Å². The first-order valence-electron chi connectivity index (χ1n) is 10.7. The molecule has 0 atom stereocenters. The zero-order chi connectivity index (χ0) is 24.7. The van der Waals surface area contributed by atoms with Gasteiger partial charge < -0.3 is 5.32 Å². The Balaban J connectivity index is 1.49. The first kappa shape index (κ1) is 23.4. The number of aromatic nitrogens is 5. The van der Waals surface area contributed by atoms with E-state index in [1.54, 1.807) is 46.0 Å². The lowest BCUT2D eigenvalue weighted by Gasteiger charge is -2.10. The Bertz CT molecular complexity index is 1570. The van der Waals surface area contributed by atoms with Crippen molar-refractivity contribution in [3.63, 3.8) is 0 Å². The third-order valence-electron chi connectivity index (χ3n) is 5.80. The van der Waals surface area contributed by atoms with Gasteiger partial charge in [0.2, 0.25) is 0 Å². The van der Waals surface area contributed by atoms with Crippen LogP contribution in [0, 0.1) is 6.92 Å². The largest absolute Gasteiger partial charge is 0.304 e. The van der Waals surface area contributed by atoms with E-state index in [-0.39, 0.29) is 11.7 Å². The van der Waals surface area contributed by atoms with Crippen LogP contribution in [0.2, 0.25) is 15.1 Å². The number of aryl methyl sites for hydroxylation is 1. The van der Waals surface area contributed by atoms with Gasteiger partial charge in [-0.3, -0.25) is 14.2 Å². The molecule has 0 fully saturated rings. The number of nitrogens with zero attached hydrogens (tertiary/aromatic N) is 5. The van der Waals surface area contributed by atoms with Gasteiger partial charge in [-0.2, -0.15) is 10.2 Å². The normalized spacial score (nSPS) is 11.2. The predicted molar refractivity (Wildman–Crippen MR) is 139 cm³/mol. The van der Waals surface area contributed by atoms with E-state index >= 15 is 0 Å². The van der Waals surface area contributed by atoms with Crippen molar-refractivity contribution >= 4 is 57.4 Å². The number of hydrogen-bond donors (Lipinski definition) is 1. The fraction of sp³-hybridized carbons (Fsp3) is 0.120. The van der Waals surface area contributed by atoms with Crippen LogP contribution in [0.5, 0.6) is 0 Å². The molecule has 1 N–H and O–H groups in total. The zero-order valence-electron chi connectivity index (χ0n) is 18.8. The fourth-order valence-corrected chi connectivity index (χ4v) is 4.55. The Kier molecular flexibility index (Phi) is 6.23. The summed E-state index contributed by atoms with van der Waals surface area (Å²) in [6.45, 7) is 2.26. The lowest BCUT2D eigenvalue weighted by molar-refractivity contribution is 0.102. The first-order chi connectivity index (χ1) is 16.8. The van der Waals surface area contributed by atoms with Gasteiger partial charge in [-0.15, -0.1) is 0 Å². The van der Waals surface area contributed by atoms with Gasteiger partial charge in [-0.25, -0.2) is 4.98 Å². The number of pyridine rings is 1. The molecule has 5 aromatic rings. The minimum atomic E-state index is -0.352. The first-order valence-corrected chi connectivity index (χ1v) is 11.8. The standard InChI is InChI=1S/C25H19Cl3N6O/c1-14-17(11-29-33(14)2)23-10-16(15-6-3-4-9-22(15)30-23)25(35)31-24-21(28)13-34(32-24)12-18-19(26)7-5-8-20(18)27/h3-11,13H,12H2,1-2H3,(H,31,32,35). The molecule has 0 aliphatic carbocycles. The van der Waals surface area contributed by atoms with Crippen LogP contribution in [0.15, 0.2) is 60.9 Å². The summed E-state index contributed by atoms with van der Waals surface area (Å²) < 4.78 is 3.35. The number of carbonyl (C=O) groups is 1. The Morgan fingerprint density at radius 3 is 2.49 bits per heavy atom. The topological polar surface area (TPSA) is 77.6 Å². The Labute approximate surface area is 216 Å². The lowest BCUT2D eigenvalue weighted by atomic mass is 10.0. The lowest BCUT2D eigenvalue weighted by Crippen LogP contribution is -2.14. The van der Waals surface area contributed by atoms with Crippen molar-refractivity contribution in [2.75, 3.05) is 5.32 Å². The number of nitrogens with one attached hydrogen (secondary N) is 1. The van der Waals surface area contributed by atoms with Gasteiger partial charge in [-0.05, 0) is 31.2 Å². The summed E-state index contributed by atoms with van der Waals surface area (Å²) in [5.41, 5.74) is 4.32.